The smallest absolute Gasteiger partial charge is 0.243 e. The number of carbonyl (C=O) groups is 2. The molecular weight excluding hydrogens is 480 g/mol. The van der Waals surface area contributed by atoms with Crippen molar-refractivity contribution in [2.75, 3.05) is 12.0 Å². The van der Waals surface area contributed by atoms with Gasteiger partial charge >= 0.3 is 0 Å². The lowest BCUT2D eigenvalue weighted by Gasteiger charge is -2.30. The van der Waals surface area contributed by atoms with Crippen LogP contribution in [0.25, 0.3) is 10.9 Å². The minimum atomic E-state index is -0.506. The van der Waals surface area contributed by atoms with Crippen molar-refractivity contribution in [3.8, 4) is 5.75 Å². The molecule has 2 aliphatic rings. The monoisotopic (exact) mass is 500 g/mol. The van der Waals surface area contributed by atoms with Crippen LogP contribution in [0.1, 0.15) is 35.1 Å². The highest BCUT2D eigenvalue weighted by atomic mass is 79.9. The number of imide groups is 1. The molecule has 0 bridgehead atoms. The second kappa shape index (κ2) is 7.59. The molecule has 6 rings (SSSR count). The molecule has 4 aromatic rings. The van der Waals surface area contributed by atoms with Gasteiger partial charge in [0.05, 0.1) is 24.6 Å². The molecule has 5 nitrogen and oxygen atoms in total. The number of halogens is 1. The van der Waals surface area contributed by atoms with Crippen molar-refractivity contribution in [2.45, 2.75) is 18.3 Å². The van der Waals surface area contributed by atoms with Gasteiger partial charge in [-0.05, 0) is 60.0 Å². The molecule has 2 heterocycles. The maximum Gasteiger partial charge on any atom is 0.243 e. The van der Waals surface area contributed by atoms with E-state index in [1.165, 1.54) is 4.90 Å². The number of aromatic amines is 1. The van der Waals surface area contributed by atoms with E-state index in [1.807, 2.05) is 30.3 Å². The number of hydrogen-bond donors (Lipinski definition) is 1. The second-order valence-electron chi connectivity index (χ2n) is 8.63. The third-order valence-electron chi connectivity index (χ3n) is 6.96. The zero-order valence-corrected chi connectivity index (χ0v) is 19.5. The lowest BCUT2D eigenvalue weighted by atomic mass is 9.71. The quantitative estimate of drug-likeness (QED) is 0.364. The summed E-state index contributed by atoms with van der Waals surface area (Å²) < 4.78 is 6.25. The van der Waals surface area contributed by atoms with Gasteiger partial charge in [0.15, 0.2) is 0 Å². The molecule has 1 aliphatic carbocycles. The summed E-state index contributed by atoms with van der Waals surface area (Å²) in [6, 6.07) is 23.5. The predicted octanol–water partition coefficient (Wildman–Crippen LogP) is 5.75. The first-order valence-electron chi connectivity index (χ1n) is 10.9. The highest BCUT2D eigenvalue weighted by Gasteiger charge is 2.54. The molecule has 3 aromatic carbocycles. The van der Waals surface area contributed by atoms with E-state index in [4.69, 9.17) is 4.74 Å². The van der Waals surface area contributed by atoms with Gasteiger partial charge in [-0.3, -0.25) is 9.59 Å². The van der Waals surface area contributed by atoms with Crippen molar-refractivity contribution in [1.82, 2.24) is 4.98 Å². The highest BCUT2D eigenvalue weighted by molar-refractivity contribution is 9.10. The van der Waals surface area contributed by atoms with Gasteiger partial charge in [-0.1, -0.05) is 46.3 Å². The number of hydrogen-bond acceptors (Lipinski definition) is 3. The van der Waals surface area contributed by atoms with Gasteiger partial charge in [-0.15, -0.1) is 0 Å². The van der Waals surface area contributed by atoms with Crippen LogP contribution in [0.15, 0.2) is 77.3 Å². The number of nitrogens with zero attached hydrogens (tertiary/aromatic N) is 1. The first kappa shape index (κ1) is 20.2. The largest absolute Gasteiger partial charge is 0.497 e. The van der Waals surface area contributed by atoms with Crippen molar-refractivity contribution in [1.29, 1.82) is 0 Å². The summed E-state index contributed by atoms with van der Waals surface area (Å²) in [4.78, 5) is 32.2. The summed E-state index contributed by atoms with van der Waals surface area (Å²) in [5.41, 5.74) is 4.72. The summed E-state index contributed by atoms with van der Waals surface area (Å²) in [6.07, 6.45) is 0.596. The fourth-order valence-corrected chi connectivity index (χ4v) is 5.71. The number of benzene rings is 3. The fraction of sp³-hybridized carbons (Fsp3) is 0.185. The van der Waals surface area contributed by atoms with Crippen LogP contribution in [-0.2, 0) is 9.59 Å². The topological polar surface area (TPSA) is 62.4 Å². The molecule has 1 N–H and O–H groups in total. The lowest BCUT2D eigenvalue weighted by molar-refractivity contribution is -0.122. The summed E-state index contributed by atoms with van der Waals surface area (Å²) in [7, 11) is 1.59. The Kier molecular flexibility index (Phi) is 4.66. The second-order valence-corrected chi connectivity index (χ2v) is 9.55. The molecule has 0 saturated carbocycles. The van der Waals surface area contributed by atoms with Gasteiger partial charge in [0.1, 0.15) is 5.75 Å². The lowest BCUT2D eigenvalue weighted by Crippen LogP contribution is -2.30. The number of fused-ring (bicyclic) bond motifs is 5. The average molecular weight is 501 g/mol. The van der Waals surface area contributed by atoms with Crippen LogP contribution in [0.2, 0.25) is 0 Å². The van der Waals surface area contributed by atoms with Crippen molar-refractivity contribution < 1.29 is 14.3 Å². The van der Waals surface area contributed by atoms with E-state index in [0.717, 1.165) is 32.2 Å². The SMILES string of the molecule is COc1ccc(N2C(=O)C3CC(c4ccc(Br)cc4)c4c([nH]c5ccccc45)C3C2=O)cc1. The number of anilines is 1. The van der Waals surface area contributed by atoms with Crippen LogP contribution in [0.5, 0.6) is 5.75 Å². The van der Waals surface area contributed by atoms with E-state index < -0.39 is 11.8 Å². The van der Waals surface area contributed by atoms with Crippen LogP contribution in [0, 0.1) is 5.92 Å². The normalized spacial score (nSPS) is 21.9. The van der Waals surface area contributed by atoms with Crippen molar-refractivity contribution in [2.24, 2.45) is 5.92 Å². The standard InChI is InChI=1S/C27H21BrN2O3/c1-33-18-12-10-17(11-13-18)30-26(31)21-14-20(15-6-8-16(28)9-7-15)23-19-4-2-3-5-22(19)29-25(23)24(21)27(30)32/h2-13,20-21,24,29H,14H2,1H3. The maximum absolute atomic E-state index is 13.7. The number of aromatic nitrogens is 1. The predicted molar refractivity (Wildman–Crippen MR) is 131 cm³/mol. The summed E-state index contributed by atoms with van der Waals surface area (Å²) in [5.74, 6) is -0.511. The molecule has 1 aliphatic heterocycles. The molecule has 33 heavy (non-hydrogen) atoms. The number of carbonyl (C=O) groups excluding carboxylic acids is 2. The fourth-order valence-electron chi connectivity index (χ4n) is 5.45. The van der Waals surface area contributed by atoms with Crippen molar-refractivity contribution >= 4 is 44.3 Å². The van der Waals surface area contributed by atoms with E-state index in [0.29, 0.717) is 17.9 Å². The molecule has 0 spiro atoms. The van der Waals surface area contributed by atoms with E-state index in [2.05, 4.69) is 39.1 Å². The van der Waals surface area contributed by atoms with E-state index in [-0.39, 0.29) is 17.7 Å². The molecule has 1 saturated heterocycles. The van der Waals surface area contributed by atoms with Gasteiger partial charge in [0.25, 0.3) is 0 Å². The minimum Gasteiger partial charge on any atom is -0.497 e. The number of rotatable bonds is 3. The van der Waals surface area contributed by atoms with Gasteiger partial charge in [-0.2, -0.15) is 0 Å². The molecule has 1 aromatic heterocycles. The maximum atomic E-state index is 13.7. The number of methoxy groups -OCH3 is 1. The van der Waals surface area contributed by atoms with Gasteiger partial charge in [-0.25, -0.2) is 4.90 Å². The molecule has 1 fully saturated rings. The Morgan fingerprint density at radius 1 is 0.939 bits per heavy atom. The first-order chi connectivity index (χ1) is 16.1. The van der Waals surface area contributed by atoms with Crippen LogP contribution < -0.4 is 9.64 Å². The molecule has 164 valence electrons. The Labute approximate surface area is 199 Å². The molecule has 2 amide bonds. The van der Waals surface area contributed by atoms with E-state index >= 15 is 0 Å². The molecular formula is C27H21BrN2O3. The third kappa shape index (κ3) is 3.04. The number of nitrogens with one attached hydrogen (secondary N) is 1. The van der Waals surface area contributed by atoms with Gasteiger partial charge < -0.3 is 9.72 Å². The first-order valence-corrected chi connectivity index (χ1v) is 11.7. The molecule has 6 heteroatoms. The Bertz CT molecular complexity index is 1390. The Morgan fingerprint density at radius 3 is 2.39 bits per heavy atom. The molecule has 3 atom stereocenters. The van der Waals surface area contributed by atoms with Crippen LogP contribution >= 0.6 is 15.9 Å². The zero-order valence-electron chi connectivity index (χ0n) is 17.9. The summed E-state index contributed by atoms with van der Waals surface area (Å²) in [6.45, 7) is 0. The highest BCUT2D eigenvalue weighted by Crippen LogP contribution is 2.52. The Balaban J connectivity index is 1.51. The molecule has 3 unspecified atom stereocenters. The van der Waals surface area contributed by atoms with E-state index in [9.17, 15) is 9.59 Å². The van der Waals surface area contributed by atoms with Gasteiger partial charge in [0, 0.05) is 27.0 Å². The third-order valence-corrected chi connectivity index (χ3v) is 7.48. The van der Waals surface area contributed by atoms with Crippen molar-refractivity contribution in [3.63, 3.8) is 0 Å². The van der Waals surface area contributed by atoms with Crippen molar-refractivity contribution in [3.05, 3.63) is 94.1 Å². The van der Waals surface area contributed by atoms with Gasteiger partial charge in [0.2, 0.25) is 11.8 Å². The Morgan fingerprint density at radius 2 is 1.67 bits per heavy atom. The Hall–Kier alpha value is -3.38. The summed E-state index contributed by atoms with van der Waals surface area (Å²) >= 11 is 3.52. The number of ether oxygens (including phenoxy) is 1. The minimum absolute atomic E-state index is 0.0260. The van der Waals surface area contributed by atoms with E-state index in [1.54, 1.807) is 31.4 Å². The summed E-state index contributed by atoms with van der Waals surface area (Å²) in [5, 5.41) is 1.11. The number of para-hydroxylation sites is 1. The molecule has 0 radical (unpaired) electrons. The number of H-pyrrole nitrogens is 1. The zero-order chi connectivity index (χ0) is 22.7. The van der Waals surface area contributed by atoms with Crippen LogP contribution in [0.3, 0.4) is 0 Å². The van der Waals surface area contributed by atoms with Crippen LogP contribution in [0.4, 0.5) is 5.69 Å². The average Bonchev–Trinajstić information content (AvgIpc) is 3.34. The number of amides is 2. The van der Waals surface area contributed by atoms with Crippen LogP contribution in [-0.4, -0.2) is 23.9 Å².